The number of nitrogens with zero attached hydrogens (tertiary/aromatic N) is 3. The number of aromatic nitrogens is 4. The second kappa shape index (κ2) is 5.86. The first-order valence-electron chi connectivity index (χ1n) is 7.85. The van der Waals surface area contributed by atoms with Crippen molar-refractivity contribution in [3.05, 3.63) is 54.1 Å². The number of imidazole rings is 1. The maximum absolute atomic E-state index is 12.2. The van der Waals surface area contributed by atoms with Gasteiger partial charge in [-0.05, 0) is 50.2 Å². The van der Waals surface area contributed by atoms with E-state index in [1.807, 2.05) is 44.2 Å². The second-order valence-corrected chi connectivity index (χ2v) is 5.81. The third-order valence-corrected chi connectivity index (χ3v) is 4.01. The summed E-state index contributed by atoms with van der Waals surface area (Å²) in [5.41, 5.74) is 6.39. The second-order valence-electron chi connectivity index (χ2n) is 5.81. The number of amides is 2. The van der Waals surface area contributed by atoms with Gasteiger partial charge in [-0.1, -0.05) is 0 Å². The van der Waals surface area contributed by atoms with E-state index in [2.05, 4.69) is 30.6 Å². The molecule has 4 rings (SSSR count). The van der Waals surface area contributed by atoms with Gasteiger partial charge in [0.15, 0.2) is 0 Å². The average Bonchev–Trinajstić information content (AvgIpc) is 3.04. The minimum Gasteiger partial charge on any atom is -0.345 e. The van der Waals surface area contributed by atoms with E-state index in [9.17, 15) is 4.79 Å². The highest BCUT2D eigenvalue weighted by molar-refractivity contribution is 6.01. The van der Waals surface area contributed by atoms with Crippen molar-refractivity contribution in [1.82, 2.24) is 19.9 Å². The summed E-state index contributed by atoms with van der Waals surface area (Å²) < 4.78 is 0. The van der Waals surface area contributed by atoms with Crippen LogP contribution in [0.3, 0.4) is 0 Å². The largest absolute Gasteiger partial charge is 0.345 e. The van der Waals surface area contributed by atoms with Crippen LogP contribution in [0.2, 0.25) is 0 Å². The van der Waals surface area contributed by atoms with Gasteiger partial charge in [-0.3, -0.25) is 0 Å². The molecule has 0 aliphatic carbocycles. The van der Waals surface area contributed by atoms with Crippen LogP contribution in [0.4, 0.5) is 16.2 Å². The van der Waals surface area contributed by atoms with Gasteiger partial charge in [0, 0.05) is 11.4 Å². The Bertz CT molecular complexity index is 1100. The molecule has 0 unspecified atom stereocenters. The van der Waals surface area contributed by atoms with Gasteiger partial charge in [0.25, 0.3) is 0 Å². The molecule has 0 aliphatic heterocycles. The molecule has 4 aromatic rings. The molecule has 7 heteroatoms. The molecule has 7 nitrogen and oxygen atoms in total. The summed E-state index contributed by atoms with van der Waals surface area (Å²) in [6.45, 7) is 3.85. The number of nitrogens with one attached hydrogen (secondary N) is 3. The predicted molar refractivity (Wildman–Crippen MR) is 97.7 cm³/mol. The first-order valence-corrected chi connectivity index (χ1v) is 7.85. The van der Waals surface area contributed by atoms with Crippen LogP contribution in [-0.2, 0) is 0 Å². The lowest BCUT2D eigenvalue weighted by molar-refractivity contribution is 0.262. The van der Waals surface area contributed by atoms with Crippen LogP contribution >= 0.6 is 0 Å². The van der Waals surface area contributed by atoms with Crippen molar-refractivity contribution in [1.29, 1.82) is 0 Å². The molecule has 0 fully saturated rings. The van der Waals surface area contributed by atoms with E-state index in [-0.39, 0.29) is 6.03 Å². The molecule has 0 saturated carbocycles. The van der Waals surface area contributed by atoms with Gasteiger partial charge < -0.3 is 15.6 Å². The molecule has 0 spiro atoms. The maximum atomic E-state index is 12.2. The highest BCUT2D eigenvalue weighted by atomic mass is 16.2. The van der Waals surface area contributed by atoms with Gasteiger partial charge in [0.1, 0.15) is 0 Å². The molecule has 2 heterocycles. The van der Waals surface area contributed by atoms with Gasteiger partial charge in [0.2, 0.25) is 0 Å². The number of rotatable bonds is 2. The van der Waals surface area contributed by atoms with Crippen LogP contribution in [0, 0.1) is 13.8 Å². The Morgan fingerprint density at radius 1 is 0.880 bits per heavy atom. The quantitative estimate of drug-likeness (QED) is 0.521. The number of carbonyl (C=O) groups excluding carboxylic acids is 1. The molecule has 2 amide bonds. The number of anilines is 2. The van der Waals surface area contributed by atoms with Crippen LogP contribution in [0.15, 0.2) is 42.7 Å². The van der Waals surface area contributed by atoms with Gasteiger partial charge in [-0.25, -0.2) is 19.7 Å². The van der Waals surface area contributed by atoms with E-state index in [0.29, 0.717) is 11.4 Å². The summed E-state index contributed by atoms with van der Waals surface area (Å²) >= 11 is 0. The number of carbonyl (C=O) groups is 1. The lowest BCUT2D eigenvalue weighted by Crippen LogP contribution is -2.19. The summed E-state index contributed by atoms with van der Waals surface area (Å²) in [7, 11) is 0. The van der Waals surface area contributed by atoms with Gasteiger partial charge in [-0.2, -0.15) is 0 Å². The lowest BCUT2D eigenvalue weighted by atomic mass is 10.2. The SMILES string of the molecule is Cc1nc2ccc(NC(=O)Nc3ccc4nc[nH]c4c3)cc2nc1C. The third kappa shape index (κ3) is 2.99. The van der Waals surface area contributed by atoms with Crippen LogP contribution in [0.1, 0.15) is 11.4 Å². The van der Waals surface area contributed by atoms with Crippen LogP contribution in [0.5, 0.6) is 0 Å². The number of hydrogen-bond acceptors (Lipinski definition) is 4. The number of aryl methyl sites for hydroxylation is 2. The summed E-state index contributed by atoms with van der Waals surface area (Å²) in [6.07, 6.45) is 1.62. The van der Waals surface area contributed by atoms with Gasteiger partial charge >= 0.3 is 6.03 Å². The molecule has 124 valence electrons. The van der Waals surface area contributed by atoms with Crippen molar-refractivity contribution in [2.24, 2.45) is 0 Å². The first-order chi connectivity index (χ1) is 12.1. The zero-order chi connectivity index (χ0) is 17.4. The maximum Gasteiger partial charge on any atom is 0.323 e. The minimum absolute atomic E-state index is 0.324. The highest BCUT2D eigenvalue weighted by Crippen LogP contribution is 2.19. The van der Waals surface area contributed by atoms with E-state index in [1.165, 1.54) is 0 Å². The molecule has 0 bridgehead atoms. The predicted octanol–water partition coefficient (Wildman–Crippen LogP) is 3.77. The monoisotopic (exact) mass is 332 g/mol. The van der Waals surface area contributed by atoms with Crippen molar-refractivity contribution in [2.75, 3.05) is 10.6 Å². The van der Waals surface area contributed by atoms with Crippen molar-refractivity contribution in [2.45, 2.75) is 13.8 Å². The normalized spacial score (nSPS) is 11.0. The van der Waals surface area contributed by atoms with E-state index in [1.54, 1.807) is 12.4 Å². The Hall–Kier alpha value is -3.48. The fraction of sp³-hybridized carbons (Fsp3) is 0.111. The van der Waals surface area contributed by atoms with E-state index in [0.717, 1.165) is 33.5 Å². The number of H-pyrrole nitrogens is 1. The Morgan fingerprint density at radius 2 is 1.52 bits per heavy atom. The van der Waals surface area contributed by atoms with Crippen LogP contribution in [-0.4, -0.2) is 26.0 Å². The summed E-state index contributed by atoms with van der Waals surface area (Å²) in [4.78, 5) is 28.4. The summed E-state index contributed by atoms with van der Waals surface area (Å²) in [6, 6.07) is 10.6. The molecule has 2 aromatic heterocycles. The average molecular weight is 332 g/mol. The zero-order valence-electron chi connectivity index (χ0n) is 13.8. The van der Waals surface area contributed by atoms with Crippen molar-refractivity contribution in [3.8, 4) is 0 Å². The Morgan fingerprint density at radius 3 is 2.28 bits per heavy atom. The van der Waals surface area contributed by atoms with Crippen LogP contribution < -0.4 is 10.6 Å². The molecule has 0 aliphatic rings. The third-order valence-electron chi connectivity index (χ3n) is 4.01. The molecule has 3 N–H and O–H groups in total. The number of aromatic amines is 1. The molecule has 0 atom stereocenters. The molecular formula is C18H16N6O. The van der Waals surface area contributed by atoms with Crippen molar-refractivity contribution >= 4 is 39.5 Å². The molecule has 0 radical (unpaired) electrons. The number of urea groups is 1. The van der Waals surface area contributed by atoms with E-state index < -0.39 is 0 Å². The first kappa shape index (κ1) is 15.1. The van der Waals surface area contributed by atoms with Crippen LogP contribution in [0.25, 0.3) is 22.1 Å². The lowest BCUT2D eigenvalue weighted by Gasteiger charge is -2.09. The number of hydrogen-bond donors (Lipinski definition) is 3. The molecule has 2 aromatic carbocycles. The Labute approximate surface area is 143 Å². The van der Waals surface area contributed by atoms with E-state index in [4.69, 9.17) is 0 Å². The number of fused-ring (bicyclic) bond motifs is 2. The van der Waals surface area contributed by atoms with E-state index >= 15 is 0 Å². The molecule has 25 heavy (non-hydrogen) atoms. The summed E-state index contributed by atoms with van der Waals surface area (Å²) in [5.74, 6) is 0. The standard InChI is InChI=1S/C18H16N6O/c1-10-11(2)22-17-8-13(4-6-15(17)21-10)24-18(25)23-12-3-5-14-16(7-12)20-9-19-14/h3-9H,1-2H3,(H,19,20)(H2,23,24,25). The molecule has 0 saturated heterocycles. The minimum atomic E-state index is -0.324. The summed E-state index contributed by atoms with van der Waals surface area (Å²) in [5, 5.41) is 5.62. The topological polar surface area (TPSA) is 95.6 Å². The van der Waals surface area contributed by atoms with Crippen molar-refractivity contribution in [3.63, 3.8) is 0 Å². The zero-order valence-corrected chi connectivity index (χ0v) is 13.8. The Balaban J connectivity index is 1.53. The fourth-order valence-corrected chi connectivity index (χ4v) is 2.62. The molecular weight excluding hydrogens is 316 g/mol. The number of benzene rings is 2. The van der Waals surface area contributed by atoms with Gasteiger partial charge in [-0.15, -0.1) is 0 Å². The smallest absolute Gasteiger partial charge is 0.323 e. The Kier molecular flexibility index (Phi) is 3.53. The highest BCUT2D eigenvalue weighted by Gasteiger charge is 2.07. The fourth-order valence-electron chi connectivity index (χ4n) is 2.62. The van der Waals surface area contributed by atoms with Gasteiger partial charge in [0.05, 0.1) is 39.8 Å². The van der Waals surface area contributed by atoms with Crippen molar-refractivity contribution < 1.29 is 4.79 Å².